The number of nitrogens with one attached hydrogen (secondary N) is 4. The highest BCUT2D eigenvalue weighted by molar-refractivity contribution is 8.29. The van der Waals surface area contributed by atoms with Crippen molar-refractivity contribution in [2.75, 3.05) is 13.1 Å². The standard InChI is InChI=1S/C34H38N6O6S4/c1-21-13-7-9-15-23(21)29(43)37-35-25(41)17-5-3-11-19-39-31(45)27(49-33(39)47)28-32(46)40(34(48)50-28)20-12-4-6-18-26(42)36-38-30(44)24-16-10-8-14-22(24)2/h7-10,13-16H,3-6,11-12,17-20H2,1-2H3,(H,35,41)(H,36,42)(H,37,43)(H,38,44). The number of hydrogen-bond acceptors (Lipinski definition) is 10. The zero-order chi connectivity index (χ0) is 36.2. The van der Waals surface area contributed by atoms with Gasteiger partial charge in [0.2, 0.25) is 11.8 Å². The molecule has 2 saturated heterocycles. The highest BCUT2D eigenvalue weighted by Crippen LogP contribution is 2.42. The first-order valence-corrected chi connectivity index (χ1v) is 18.5. The molecule has 0 atom stereocenters. The molecular formula is C34H38N6O6S4. The fourth-order valence-electron chi connectivity index (χ4n) is 5.09. The lowest BCUT2D eigenvalue weighted by Crippen LogP contribution is -2.41. The lowest BCUT2D eigenvalue weighted by atomic mass is 10.1. The van der Waals surface area contributed by atoms with E-state index < -0.39 is 0 Å². The molecule has 0 unspecified atom stereocenters. The third-order valence-electron chi connectivity index (χ3n) is 7.89. The summed E-state index contributed by atoms with van der Waals surface area (Å²) < 4.78 is 0.723. The van der Waals surface area contributed by atoms with Gasteiger partial charge in [-0.2, -0.15) is 0 Å². The van der Waals surface area contributed by atoms with Gasteiger partial charge >= 0.3 is 0 Å². The number of carbonyl (C=O) groups is 6. The number of amides is 6. The maximum atomic E-state index is 13.2. The van der Waals surface area contributed by atoms with Crippen LogP contribution in [0.4, 0.5) is 0 Å². The van der Waals surface area contributed by atoms with Crippen LogP contribution in [0.15, 0.2) is 58.3 Å². The molecule has 0 radical (unpaired) electrons. The van der Waals surface area contributed by atoms with E-state index in [1.807, 2.05) is 38.1 Å². The van der Waals surface area contributed by atoms with Crippen LogP contribution in [0.2, 0.25) is 0 Å². The SMILES string of the molecule is Cc1ccccc1C(=O)NNC(=O)CCCCCN1C(=O)C(=C2SC(=S)N(CCCCCC(=O)NNC(=O)c3ccccc3C)C2=O)SC1=S. The van der Waals surface area contributed by atoms with Crippen LogP contribution in [0.5, 0.6) is 0 Å². The zero-order valence-corrected chi connectivity index (χ0v) is 30.9. The molecule has 6 amide bonds. The fraction of sp³-hybridized carbons (Fsp3) is 0.353. The van der Waals surface area contributed by atoms with Gasteiger partial charge in [-0.05, 0) is 62.8 Å². The molecule has 0 spiro atoms. The third kappa shape index (κ3) is 10.4. The number of benzene rings is 2. The molecule has 50 heavy (non-hydrogen) atoms. The van der Waals surface area contributed by atoms with Gasteiger partial charge in [0.25, 0.3) is 23.6 Å². The van der Waals surface area contributed by atoms with Crippen LogP contribution in [0, 0.1) is 13.8 Å². The molecule has 0 aliphatic carbocycles. The lowest BCUT2D eigenvalue weighted by molar-refractivity contribution is -0.124. The quantitative estimate of drug-likeness (QED) is 0.0933. The second-order valence-electron chi connectivity index (χ2n) is 11.6. The molecule has 2 aliphatic rings. The number of nitrogens with zero attached hydrogens (tertiary/aromatic N) is 2. The summed E-state index contributed by atoms with van der Waals surface area (Å²) in [5, 5.41) is 0. The summed E-state index contributed by atoms with van der Waals surface area (Å²) in [5.41, 5.74) is 12.3. The van der Waals surface area contributed by atoms with Crippen molar-refractivity contribution >= 4 is 92.0 Å². The van der Waals surface area contributed by atoms with Crippen LogP contribution in [0.3, 0.4) is 0 Å². The summed E-state index contributed by atoms with van der Waals surface area (Å²) in [7, 11) is 0. The normalized spacial score (nSPS) is 15.8. The molecule has 2 aliphatic heterocycles. The minimum Gasteiger partial charge on any atom is -0.293 e. The maximum absolute atomic E-state index is 13.2. The van der Waals surface area contributed by atoms with Gasteiger partial charge in [0, 0.05) is 37.1 Å². The van der Waals surface area contributed by atoms with Crippen molar-refractivity contribution in [2.45, 2.75) is 65.2 Å². The summed E-state index contributed by atoms with van der Waals surface area (Å²) in [4.78, 5) is 78.9. The Morgan fingerprint density at radius 3 is 1.34 bits per heavy atom. The monoisotopic (exact) mass is 754 g/mol. The number of carbonyl (C=O) groups excluding carboxylic acids is 6. The number of aryl methyl sites for hydroxylation is 2. The second-order valence-corrected chi connectivity index (χ2v) is 14.9. The average molecular weight is 755 g/mol. The van der Waals surface area contributed by atoms with E-state index in [1.54, 1.807) is 24.3 Å². The van der Waals surface area contributed by atoms with Gasteiger partial charge in [0.05, 0.1) is 9.81 Å². The van der Waals surface area contributed by atoms with Gasteiger partial charge in [-0.1, -0.05) is 97.2 Å². The largest absolute Gasteiger partial charge is 0.293 e. The molecule has 12 nitrogen and oxygen atoms in total. The summed E-state index contributed by atoms with van der Waals surface area (Å²) >= 11 is 13.1. The van der Waals surface area contributed by atoms with E-state index >= 15 is 0 Å². The third-order valence-corrected chi connectivity index (χ3v) is 10.9. The molecule has 2 heterocycles. The molecule has 2 aromatic carbocycles. The fourth-order valence-corrected chi connectivity index (χ4v) is 7.86. The molecule has 16 heteroatoms. The van der Waals surface area contributed by atoms with Crippen LogP contribution in [0.1, 0.15) is 83.2 Å². The predicted octanol–water partition coefficient (Wildman–Crippen LogP) is 4.58. The minimum atomic E-state index is -0.386. The molecule has 0 saturated carbocycles. The van der Waals surface area contributed by atoms with E-state index in [1.165, 1.54) is 9.80 Å². The smallest absolute Gasteiger partial charge is 0.269 e. The van der Waals surface area contributed by atoms with Crippen molar-refractivity contribution in [3.63, 3.8) is 0 Å². The van der Waals surface area contributed by atoms with E-state index in [0.29, 0.717) is 71.4 Å². The topological polar surface area (TPSA) is 157 Å². The first-order valence-electron chi connectivity index (χ1n) is 16.1. The number of hydrogen-bond donors (Lipinski definition) is 4. The molecule has 0 bridgehead atoms. The Labute approximate surface area is 309 Å². The lowest BCUT2D eigenvalue weighted by Gasteiger charge is -2.14. The highest BCUT2D eigenvalue weighted by Gasteiger charge is 2.41. The molecule has 264 valence electrons. The Morgan fingerprint density at radius 2 is 0.960 bits per heavy atom. The second kappa shape index (κ2) is 18.8. The molecular weight excluding hydrogens is 717 g/mol. The highest BCUT2D eigenvalue weighted by atomic mass is 32.2. The van der Waals surface area contributed by atoms with Gasteiger partial charge in [-0.15, -0.1) is 0 Å². The predicted molar refractivity (Wildman–Crippen MR) is 201 cm³/mol. The first-order chi connectivity index (χ1) is 24.0. The van der Waals surface area contributed by atoms with Crippen LogP contribution >= 0.6 is 48.0 Å². The van der Waals surface area contributed by atoms with Crippen molar-refractivity contribution in [1.82, 2.24) is 31.5 Å². The molecule has 2 aromatic rings. The van der Waals surface area contributed by atoms with Gasteiger partial charge in [-0.3, -0.25) is 60.3 Å². The summed E-state index contributed by atoms with van der Waals surface area (Å²) in [6.45, 7) is 4.33. The Hall–Kier alpha value is -4.12. The summed E-state index contributed by atoms with van der Waals surface area (Å²) in [5.74, 6) is -2.07. The van der Waals surface area contributed by atoms with Crippen molar-refractivity contribution in [3.05, 3.63) is 80.6 Å². The van der Waals surface area contributed by atoms with Crippen LogP contribution < -0.4 is 21.7 Å². The number of thioether (sulfide) groups is 2. The molecule has 0 aromatic heterocycles. The first kappa shape index (κ1) is 38.7. The van der Waals surface area contributed by atoms with Crippen LogP contribution in [-0.4, -0.2) is 67.0 Å². The van der Waals surface area contributed by atoms with Gasteiger partial charge < -0.3 is 0 Å². The number of thiocarbonyl (C=S) groups is 2. The summed E-state index contributed by atoms with van der Waals surface area (Å²) in [6.07, 6.45) is 4.00. The van der Waals surface area contributed by atoms with Gasteiger partial charge in [0.1, 0.15) is 8.64 Å². The van der Waals surface area contributed by atoms with Crippen LogP contribution in [0.25, 0.3) is 0 Å². The zero-order valence-electron chi connectivity index (χ0n) is 27.7. The van der Waals surface area contributed by atoms with E-state index in [4.69, 9.17) is 24.4 Å². The Kier molecular flexibility index (Phi) is 14.5. The maximum Gasteiger partial charge on any atom is 0.269 e. The summed E-state index contributed by atoms with van der Waals surface area (Å²) in [6, 6.07) is 14.2. The van der Waals surface area contributed by atoms with Crippen LogP contribution in [-0.2, 0) is 19.2 Å². The number of unbranched alkanes of at least 4 members (excludes halogenated alkanes) is 4. The van der Waals surface area contributed by atoms with E-state index in [-0.39, 0.29) is 58.1 Å². The Bertz CT molecular complexity index is 1610. The molecule has 4 N–H and O–H groups in total. The van der Waals surface area contributed by atoms with Crippen molar-refractivity contribution in [3.8, 4) is 0 Å². The van der Waals surface area contributed by atoms with E-state index in [2.05, 4.69) is 21.7 Å². The molecule has 4 rings (SSSR count). The van der Waals surface area contributed by atoms with Crippen molar-refractivity contribution in [1.29, 1.82) is 0 Å². The van der Waals surface area contributed by atoms with E-state index in [9.17, 15) is 28.8 Å². The Balaban J connectivity index is 1.13. The van der Waals surface area contributed by atoms with Crippen molar-refractivity contribution in [2.24, 2.45) is 0 Å². The average Bonchev–Trinajstić information content (AvgIpc) is 3.54. The number of rotatable bonds is 14. The minimum absolute atomic E-state index is 0.203. The van der Waals surface area contributed by atoms with Crippen molar-refractivity contribution < 1.29 is 28.8 Å². The van der Waals surface area contributed by atoms with Gasteiger partial charge in [0.15, 0.2) is 0 Å². The van der Waals surface area contributed by atoms with E-state index in [0.717, 1.165) is 34.7 Å². The molecule has 2 fully saturated rings. The number of hydrazine groups is 2. The van der Waals surface area contributed by atoms with Gasteiger partial charge in [-0.25, -0.2) is 0 Å². The Morgan fingerprint density at radius 1 is 0.580 bits per heavy atom.